The van der Waals surface area contributed by atoms with Gasteiger partial charge in [0.1, 0.15) is 12.4 Å². The summed E-state index contributed by atoms with van der Waals surface area (Å²) < 4.78 is 22.3. The number of ether oxygens (including phenoxy) is 1. The molecule has 2 aromatic heterocycles. The van der Waals surface area contributed by atoms with E-state index in [0.717, 1.165) is 15.1 Å². The lowest BCUT2D eigenvalue weighted by atomic mass is 10.1. The fraction of sp³-hybridized carbons (Fsp3) is 0.214. The summed E-state index contributed by atoms with van der Waals surface area (Å²) in [4.78, 5) is 0.953. The third kappa shape index (κ3) is 2.28. The predicted octanol–water partition coefficient (Wildman–Crippen LogP) is 2.81. The number of benzene rings is 1. The monoisotopic (exact) mass is 291 g/mol. The van der Waals surface area contributed by atoms with Crippen molar-refractivity contribution in [2.24, 2.45) is 12.8 Å². The van der Waals surface area contributed by atoms with Crippen molar-refractivity contribution in [1.82, 2.24) is 9.78 Å². The van der Waals surface area contributed by atoms with E-state index in [1.54, 1.807) is 23.1 Å². The molecule has 104 valence electrons. The molecule has 2 heterocycles. The fourth-order valence-corrected chi connectivity index (χ4v) is 3.26. The van der Waals surface area contributed by atoms with E-state index in [4.69, 9.17) is 10.5 Å². The molecule has 0 fully saturated rings. The SMILES string of the molecule is Cn1cc(OCc2c(CN)sc3cccc(F)c23)cn1. The van der Waals surface area contributed by atoms with Crippen molar-refractivity contribution >= 4 is 21.4 Å². The van der Waals surface area contributed by atoms with Gasteiger partial charge < -0.3 is 10.5 Å². The smallest absolute Gasteiger partial charge is 0.157 e. The second kappa shape index (κ2) is 5.22. The second-order valence-electron chi connectivity index (χ2n) is 4.46. The minimum atomic E-state index is -0.233. The molecule has 0 unspecified atom stereocenters. The Morgan fingerprint density at radius 2 is 2.30 bits per heavy atom. The van der Waals surface area contributed by atoms with Gasteiger partial charge in [-0.05, 0) is 12.1 Å². The van der Waals surface area contributed by atoms with Gasteiger partial charge >= 0.3 is 0 Å². The Kier molecular flexibility index (Phi) is 3.42. The number of hydrogen-bond donors (Lipinski definition) is 1. The molecule has 20 heavy (non-hydrogen) atoms. The third-order valence-corrected chi connectivity index (χ3v) is 4.32. The first kappa shape index (κ1) is 13.1. The highest BCUT2D eigenvalue weighted by Crippen LogP contribution is 2.33. The Morgan fingerprint density at radius 3 is 3.00 bits per heavy atom. The Labute approximate surface area is 119 Å². The van der Waals surface area contributed by atoms with E-state index in [0.29, 0.717) is 24.3 Å². The van der Waals surface area contributed by atoms with E-state index in [2.05, 4.69) is 5.10 Å². The predicted molar refractivity (Wildman–Crippen MR) is 77.2 cm³/mol. The third-order valence-electron chi connectivity index (χ3n) is 3.10. The number of thiophene rings is 1. The lowest BCUT2D eigenvalue weighted by molar-refractivity contribution is 0.306. The minimum absolute atomic E-state index is 0.233. The molecule has 0 saturated heterocycles. The highest BCUT2D eigenvalue weighted by molar-refractivity contribution is 7.19. The van der Waals surface area contributed by atoms with Crippen LogP contribution in [0.1, 0.15) is 10.4 Å². The summed E-state index contributed by atoms with van der Waals surface area (Å²) in [6.45, 7) is 0.670. The van der Waals surface area contributed by atoms with Crippen molar-refractivity contribution in [1.29, 1.82) is 0 Å². The molecule has 4 nitrogen and oxygen atoms in total. The quantitative estimate of drug-likeness (QED) is 0.804. The molecular formula is C14H14FN3OS. The van der Waals surface area contributed by atoms with Crippen LogP contribution < -0.4 is 10.5 Å². The molecule has 0 radical (unpaired) electrons. The summed E-state index contributed by atoms with van der Waals surface area (Å²) in [6, 6.07) is 5.07. The van der Waals surface area contributed by atoms with Crippen LogP contribution in [0.4, 0.5) is 4.39 Å². The van der Waals surface area contributed by atoms with E-state index in [1.165, 1.54) is 17.4 Å². The largest absolute Gasteiger partial charge is 0.486 e. The van der Waals surface area contributed by atoms with Crippen LogP contribution in [-0.4, -0.2) is 9.78 Å². The van der Waals surface area contributed by atoms with Gasteiger partial charge in [-0.3, -0.25) is 4.68 Å². The molecule has 0 aliphatic carbocycles. The molecule has 1 aromatic carbocycles. The number of aryl methyl sites for hydroxylation is 1. The summed E-state index contributed by atoms with van der Waals surface area (Å²) in [7, 11) is 1.82. The molecule has 0 aliphatic heterocycles. The van der Waals surface area contributed by atoms with Crippen LogP contribution in [0.15, 0.2) is 30.6 Å². The summed E-state index contributed by atoms with van der Waals surface area (Å²) in [5.41, 5.74) is 6.58. The summed E-state index contributed by atoms with van der Waals surface area (Å²) in [6.07, 6.45) is 3.40. The summed E-state index contributed by atoms with van der Waals surface area (Å²) in [5.74, 6) is 0.425. The standard InChI is InChI=1S/C14H14FN3OS/c1-18-7-9(6-17-18)19-8-10-13(5-16)20-12-4-2-3-11(15)14(10)12/h2-4,6-7H,5,8,16H2,1H3. The van der Waals surface area contributed by atoms with E-state index in [9.17, 15) is 4.39 Å². The second-order valence-corrected chi connectivity index (χ2v) is 5.60. The highest BCUT2D eigenvalue weighted by atomic mass is 32.1. The number of halogens is 1. The van der Waals surface area contributed by atoms with Crippen LogP contribution in [0.5, 0.6) is 5.75 Å². The number of fused-ring (bicyclic) bond motifs is 1. The molecule has 3 aromatic rings. The van der Waals surface area contributed by atoms with Crippen molar-refractivity contribution < 1.29 is 9.13 Å². The van der Waals surface area contributed by atoms with Gasteiger partial charge in [0, 0.05) is 34.1 Å². The van der Waals surface area contributed by atoms with Crippen LogP contribution in [0.3, 0.4) is 0 Å². The van der Waals surface area contributed by atoms with Crippen molar-refractivity contribution in [3.63, 3.8) is 0 Å². The van der Waals surface area contributed by atoms with Crippen LogP contribution in [0.2, 0.25) is 0 Å². The zero-order valence-corrected chi connectivity index (χ0v) is 11.8. The van der Waals surface area contributed by atoms with Gasteiger partial charge in [0.25, 0.3) is 0 Å². The van der Waals surface area contributed by atoms with Gasteiger partial charge in [-0.25, -0.2) is 4.39 Å². The molecule has 0 amide bonds. The van der Waals surface area contributed by atoms with E-state index in [-0.39, 0.29) is 5.82 Å². The molecule has 2 N–H and O–H groups in total. The lowest BCUT2D eigenvalue weighted by Gasteiger charge is -2.05. The number of nitrogens with zero attached hydrogens (tertiary/aromatic N) is 2. The van der Waals surface area contributed by atoms with Crippen molar-refractivity contribution in [3.05, 3.63) is 46.9 Å². The molecule has 0 spiro atoms. The average Bonchev–Trinajstić information content (AvgIpc) is 3.00. The fourth-order valence-electron chi connectivity index (χ4n) is 2.16. The zero-order chi connectivity index (χ0) is 14.1. The van der Waals surface area contributed by atoms with Crippen molar-refractivity contribution in [2.75, 3.05) is 0 Å². The maximum atomic E-state index is 14.0. The molecular weight excluding hydrogens is 277 g/mol. The Morgan fingerprint density at radius 1 is 1.45 bits per heavy atom. The lowest BCUT2D eigenvalue weighted by Crippen LogP contribution is -2.02. The van der Waals surface area contributed by atoms with Gasteiger partial charge in [0.15, 0.2) is 5.75 Å². The number of hydrogen-bond acceptors (Lipinski definition) is 4. The maximum Gasteiger partial charge on any atom is 0.157 e. The van der Waals surface area contributed by atoms with Crippen LogP contribution in [-0.2, 0) is 20.2 Å². The number of aromatic nitrogens is 2. The molecule has 0 aliphatic rings. The van der Waals surface area contributed by atoms with Crippen molar-refractivity contribution in [3.8, 4) is 5.75 Å². The molecule has 0 bridgehead atoms. The first-order valence-electron chi connectivity index (χ1n) is 6.19. The van der Waals surface area contributed by atoms with Crippen LogP contribution in [0.25, 0.3) is 10.1 Å². The van der Waals surface area contributed by atoms with E-state index in [1.807, 2.05) is 13.1 Å². The molecule has 0 saturated carbocycles. The number of rotatable bonds is 4. The maximum absolute atomic E-state index is 14.0. The van der Waals surface area contributed by atoms with E-state index >= 15 is 0 Å². The van der Waals surface area contributed by atoms with Gasteiger partial charge in [-0.1, -0.05) is 6.07 Å². The van der Waals surface area contributed by atoms with Crippen LogP contribution >= 0.6 is 11.3 Å². The summed E-state index contributed by atoms with van der Waals surface area (Å²) >= 11 is 1.51. The van der Waals surface area contributed by atoms with Gasteiger partial charge in [-0.15, -0.1) is 11.3 Å². The Bertz CT molecular complexity index is 750. The average molecular weight is 291 g/mol. The van der Waals surface area contributed by atoms with Gasteiger partial charge in [0.05, 0.1) is 12.4 Å². The van der Waals surface area contributed by atoms with Crippen LogP contribution in [0, 0.1) is 5.82 Å². The first-order chi connectivity index (χ1) is 9.69. The zero-order valence-electron chi connectivity index (χ0n) is 11.0. The minimum Gasteiger partial charge on any atom is -0.486 e. The normalized spacial score (nSPS) is 11.2. The molecule has 6 heteroatoms. The van der Waals surface area contributed by atoms with Crippen molar-refractivity contribution in [2.45, 2.75) is 13.2 Å². The van der Waals surface area contributed by atoms with Gasteiger partial charge in [-0.2, -0.15) is 5.10 Å². The Balaban J connectivity index is 1.97. The highest BCUT2D eigenvalue weighted by Gasteiger charge is 2.15. The number of nitrogens with two attached hydrogens (primary N) is 1. The Hall–Kier alpha value is -1.92. The van der Waals surface area contributed by atoms with E-state index < -0.39 is 0 Å². The summed E-state index contributed by atoms with van der Waals surface area (Å²) in [5, 5.41) is 4.65. The topological polar surface area (TPSA) is 53.1 Å². The first-order valence-corrected chi connectivity index (χ1v) is 7.01. The van der Waals surface area contributed by atoms with Gasteiger partial charge in [0.2, 0.25) is 0 Å². The molecule has 0 atom stereocenters. The molecule has 3 rings (SSSR count).